The lowest BCUT2D eigenvalue weighted by Crippen LogP contribution is -2.29. The number of hydrogen-bond donors (Lipinski definition) is 3. The van der Waals surface area contributed by atoms with E-state index < -0.39 is 22.8 Å². The van der Waals surface area contributed by atoms with Gasteiger partial charge in [0.25, 0.3) is 0 Å². The number of aliphatic hydroxyl groups is 2. The maximum absolute atomic E-state index is 10.7. The van der Waals surface area contributed by atoms with Crippen molar-refractivity contribution in [2.24, 2.45) is 0 Å². The molecule has 0 amide bonds. The highest BCUT2D eigenvalue weighted by Crippen LogP contribution is 2.23. The molecule has 8 nitrogen and oxygen atoms in total. The topological polar surface area (TPSA) is 132 Å². The Kier molecular flexibility index (Phi) is 4.67. The van der Waals surface area contributed by atoms with E-state index in [1.54, 1.807) is 13.1 Å². The highest BCUT2D eigenvalue weighted by molar-refractivity contribution is 5.45. The van der Waals surface area contributed by atoms with Crippen LogP contribution in [0.25, 0.3) is 0 Å². The van der Waals surface area contributed by atoms with Crippen molar-refractivity contribution in [1.29, 1.82) is 5.26 Å². The number of aliphatic hydroxyl groups excluding tert-OH is 2. The van der Waals surface area contributed by atoms with Gasteiger partial charge in [0.15, 0.2) is 0 Å². The molecule has 18 heavy (non-hydrogen) atoms. The molecule has 2 atom stereocenters. The van der Waals surface area contributed by atoms with E-state index in [1.807, 2.05) is 0 Å². The molecule has 0 aliphatic heterocycles. The molecule has 1 heterocycles. The summed E-state index contributed by atoms with van der Waals surface area (Å²) in [6, 6.07) is 2.62. The van der Waals surface area contributed by atoms with Gasteiger partial charge in [0.05, 0.1) is 11.0 Å². The molecule has 0 spiro atoms. The van der Waals surface area contributed by atoms with Crippen LogP contribution in [-0.4, -0.2) is 39.8 Å². The van der Waals surface area contributed by atoms with Crippen LogP contribution in [0.4, 0.5) is 5.69 Å². The van der Waals surface area contributed by atoms with Crippen molar-refractivity contribution >= 4 is 5.69 Å². The minimum absolute atomic E-state index is 0.0865. The summed E-state index contributed by atoms with van der Waals surface area (Å²) in [5.74, 6) is 0. The molecule has 0 fully saturated rings. The summed E-state index contributed by atoms with van der Waals surface area (Å²) in [6.45, 7) is 0.120. The highest BCUT2D eigenvalue weighted by atomic mass is 16.6. The monoisotopic (exact) mass is 252 g/mol. The van der Waals surface area contributed by atoms with Gasteiger partial charge in [-0.15, -0.1) is 0 Å². The second-order valence-electron chi connectivity index (χ2n) is 3.58. The Hall–Kier alpha value is -2.08. The predicted octanol–water partition coefficient (Wildman–Crippen LogP) is -0.525. The minimum Gasteiger partial charge on any atom is -0.389 e. The molecule has 0 bridgehead atoms. The standard InChI is InChI=1S/C10H12N4O4/c1-12-5-9(15)10(16)6-2-8(14(17)18)7(3-11)13-4-6/h2,4,9-10,12,15-16H,5H2,1H3. The number of aromatic nitrogens is 1. The molecule has 1 aromatic heterocycles. The van der Waals surface area contributed by atoms with Gasteiger partial charge in [-0.05, 0) is 7.05 Å². The lowest BCUT2D eigenvalue weighted by Gasteiger charge is -2.17. The summed E-state index contributed by atoms with van der Waals surface area (Å²) in [5, 5.41) is 41.3. The average molecular weight is 252 g/mol. The number of nitrogens with one attached hydrogen (secondary N) is 1. The van der Waals surface area contributed by atoms with Crippen molar-refractivity contribution in [3.05, 3.63) is 33.6 Å². The number of nitriles is 1. The van der Waals surface area contributed by atoms with Crippen LogP contribution in [0.5, 0.6) is 0 Å². The lowest BCUT2D eigenvalue weighted by molar-refractivity contribution is -0.385. The zero-order valence-corrected chi connectivity index (χ0v) is 9.57. The van der Waals surface area contributed by atoms with E-state index in [0.717, 1.165) is 12.3 Å². The molecule has 2 unspecified atom stereocenters. The lowest BCUT2D eigenvalue weighted by atomic mass is 10.1. The first-order valence-electron chi connectivity index (χ1n) is 5.06. The average Bonchev–Trinajstić information content (AvgIpc) is 2.37. The molecule has 3 N–H and O–H groups in total. The van der Waals surface area contributed by atoms with E-state index in [2.05, 4.69) is 10.3 Å². The molecular formula is C10H12N4O4. The Morgan fingerprint density at radius 1 is 1.67 bits per heavy atom. The Balaban J connectivity index is 3.09. The summed E-state index contributed by atoms with van der Waals surface area (Å²) in [5.41, 5.74) is -0.742. The fourth-order valence-electron chi connectivity index (χ4n) is 1.40. The normalized spacial score (nSPS) is 13.7. The summed E-state index contributed by atoms with van der Waals surface area (Å²) in [7, 11) is 1.59. The third-order valence-electron chi connectivity index (χ3n) is 2.31. The first kappa shape index (κ1) is 14.0. The molecular weight excluding hydrogens is 240 g/mol. The molecule has 1 rings (SSSR count). The van der Waals surface area contributed by atoms with E-state index in [9.17, 15) is 20.3 Å². The second-order valence-corrected chi connectivity index (χ2v) is 3.58. The van der Waals surface area contributed by atoms with Gasteiger partial charge in [0, 0.05) is 24.4 Å². The molecule has 96 valence electrons. The number of pyridine rings is 1. The second kappa shape index (κ2) is 6.02. The van der Waals surface area contributed by atoms with Crippen LogP contribution in [-0.2, 0) is 0 Å². The fourth-order valence-corrected chi connectivity index (χ4v) is 1.40. The van der Waals surface area contributed by atoms with E-state index in [-0.39, 0.29) is 17.8 Å². The number of likely N-dealkylation sites (N-methyl/N-ethyl adjacent to an activating group) is 1. The molecule has 0 saturated heterocycles. The molecule has 0 aliphatic rings. The molecule has 0 aromatic carbocycles. The van der Waals surface area contributed by atoms with Crippen molar-refractivity contribution in [3.8, 4) is 6.07 Å². The molecule has 0 aliphatic carbocycles. The van der Waals surface area contributed by atoms with Crippen LogP contribution in [0.1, 0.15) is 17.4 Å². The maximum Gasteiger partial charge on any atom is 0.306 e. The summed E-state index contributed by atoms with van der Waals surface area (Å²) in [6.07, 6.45) is -1.30. The Labute approximate surface area is 103 Å². The summed E-state index contributed by atoms with van der Waals surface area (Å²) >= 11 is 0. The van der Waals surface area contributed by atoms with Crippen molar-refractivity contribution < 1.29 is 15.1 Å². The molecule has 0 radical (unpaired) electrons. The minimum atomic E-state index is -1.31. The SMILES string of the molecule is CNCC(O)C(O)c1cnc(C#N)c([N+](=O)[O-])c1. The van der Waals surface area contributed by atoms with E-state index in [0.29, 0.717) is 0 Å². The molecule has 1 aromatic rings. The van der Waals surface area contributed by atoms with Crippen molar-refractivity contribution in [2.45, 2.75) is 12.2 Å². The first-order valence-corrected chi connectivity index (χ1v) is 5.06. The van der Waals surface area contributed by atoms with Crippen LogP contribution in [0.3, 0.4) is 0 Å². The van der Waals surface area contributed by atoms with Crippen LogP contribution in [0.15, 0.2) is 12.3 Å². The Morgan fingerprint density at radius 3 is 2.83 bits per heavy atom. The van der Waals surface area contributed by atoms with Crippen molar-refractivity contribution in [1.82, 2.24) is 10.3 Å². The van der Waals surface area contributed by atoms with Gasteiger partial charge in [-0.3, -0.25) is 10.1 Å². The molecule has 8 heteroatoms. The zero-order chi connectivity index (χ0) is 13.7. The van der Waals surface area contributed by atoms with Gasteiger partial charge < -0.3 is 15.5 Å². The van der Waals surface area contributed by atoms with Crippen LogP contribution in [0, 0.1) is 21.4 Å². The van der Waals surface area contributed by atoms with Gasteiger partial charge >= 0.3 is 5.69 Å². The van der Waals surface area contributed by atoms with E-state index in [1.165, 1.54) is 0 Å². The largest absolute Gasteiger partial charge is 0.389 e. The third-order valence-corrected chi connectivity index (χ3v) is 2.31. The van der Waals surface area contributed by atoms with Crippen LogP contribution < -0.4 is 5.32 Å². The molecule has 0 saturated carbocycles. The predicted molar refractivity (Wildman–Crippen MR) is 60.5 cm³/mol. The highest BCUT2D eigenvalue weighted by Gasteiger charge is 2.23. The quantitative estimate of drug-likeness (QED) is 0.474. The van der Waals surface area contributed by atoms with Gasteiger partial charge in [0.2, 0.25) is 5.69 Å². The van der Waals surface area contributed by atoms with Crippen molar-refractivity contribution in [3.63, 3.8) is 0 Å². The van der Waals surface area contributed by atoms with Gasteiger partial charge in [-0.25, -0.2) is 4.98 Å². The summed E-state index contributed by atoms with van der Waals surface area (Å²) < 4.78 is 0. The van der Waals surface area contributed by atoms with Crippen LogP contribution >= 0.6 is 0 Å². The number of hydrogen-bond acceptors (Lipinski definition) is 7. The van der Waals surface area contributed by atoms with Crippen molar-refractivity contribution in [2.75, 3.05) is 13.6 Å². The number of rotatable bonds is 5. The van der Waals surface area contributed by atoms with Gasteiger partial charge in [-0.2, -0.15) is 5.26 Å². The maximum atomic E-state index is 10.7. The third kappa shape index (κ3) is 2.98. The fraction of sp³-hybridized carbons (Fsp3) is 0.400. The van der Waals surface area contributed by atoms with E-state index >= 15 is 0 Å². The zero-order valence-electron chi connectivity index (χ0n) is 9.57. The smallest absolute Gasteiger partial charge is 0.306 e. The summed E-state index contributed by atoms with van der Waals surface area (Å²) in [4.78, 5) is 13.5. The van der Waals surface area contributed by atoms with E-state index in [4.69, 9.17) is 5.26 Å². The number of nitro groups is 1. The number of nitrogens with zero attached hydrogens (tertiary/aromatic N) is 3. The van der Waals surface area contributed by atoms with Gasteiger partial charge in [-0.1, -0.05) is 0 Å². The van der Waals surface area contributed by atoms with Crippen LogP contribution in [0.2, 0.25) is 0 Å². The first-order chi connectivity index (χ1) is 8.51. The van der Waals surface area contributed by atoms with Gasteiger partial charge in [0.1, 0.15) is 12.2 Å². The Bertz CT molecular complexity index is 485. The Morgan fingerprint density at radius 2 is 2.33 bits per heavy atom.